The highest BCUT2D eigenvalue weighted by molar-refractivity contribution is 7.99. The highest BCUT2D eigenvalue weighted by atomic mass is 32.2. The Hall–Kier alpha value is -1.60. The van der Waals surface area contributed by atoms with E-state index in [0.29, 0.717) is 17.5 Å². The molecule has 1 aromatic heterocycles. The van der Waals surface area contributed by atoms with Crippen LogP contribution in [0.15, 0.2) is 29.2 Å². The van der Waals surface area contributed by atoms with Crippen molar-refractivity contribution in [2.45, 2.75) is 31.6 Å². The molecule has 0 bridgehead atoms. The van der Waals surface area contributed by atoms with Gasteiger partial charge in [0.2, 0.25) is 11.0 Å². The maximum absolute atomic E-state index is 11.9. The number of amides is 1. The van der Waals surface area contributed by atoms with Gasteiger partial charge in [-0.25, -0.2) is 0 Å². The van der Waals surface area contributed by atoms with Gasteiger partial charge in [-0.05, 0) is 30.2 Å². The molecule has 1 heterocycles. The summed E-state index contributed by atoms with van der Waals surface area (Å²) >= 11 is 3.09. The zero-order valence-electron chi connectivity index (χ0n) is 13.5. The summed E-state index contributed by atoms with van der Waals surface area (Å²) in [6.45, 7) is 4.27. The van der Waals surface area contributed by atoms with E-state index in [-0.39, 0.29) is 5.91 Å². The number of ether oxygens (including phenoxy) is 1. The SMILES string of the molecule is COc1ccc(SCCC(=O)Nc2nnc(CC(C)C)s2)cc1. The van der Waals surface area contributed by atoms with E-state index in [1.54, 1.807) is 18.9 Å². The zero-order chi connectivity index (χ0) is 16.7. The fourth-order valence-electron chi connectivity index (χ4n) is 1.85. The standard InChI is InChI=1S/C16H21N3O2S2/c1-11(2)10-15-18-19-16(23-15)17-14(20)8-9-22-13-6-4-12(21-3)5-7-13/h4-7,11H,8-10H2,1-3H3,(H,17,19,20). The Balaban J connectivity index is 1.73. The number of nitrogens with zero attached hydrogens (tertiary/aromatic N) is 2. The van der Waals surface area contributed by atoms with Crippen molar-refractivity contribution in [1.82, 2.24) is 10.2 Å². The van der Waals surface area contributed by atoms with Crippen LogP contribution < -0.4 is 10.1 Å². The average molecular weight is 351 g/mol. The van der Waals surface area contributed by atoms with Gasteiger partial charge in [-0.1, -0.05) is 25.2 Å². The Bertz CT molecular complexity index is 627. The van der Waals surface area contributed by atoms with Crippen molar-refractivity contribution in [2.75, 3.05) is 18.2 Å². The van der Waals surface area contributed by atoms with Crippen molar-refractivity contribution >= 4 is 34.1 Å². The number of hydrogen-bond donors (Lipinski definition) is 1. The van der Waals surface area contributed by atoms with E-state index in [1.165, 1.54) is 11.3 Å². The second kappa shape index (κ2) is 8.88. The number of nitrogens with one attached hydrogen (secondary N) is 1. The molecule has 7 heteroatoms. The lowest BCUT2D eigenvalue weighted by molar-refractivity contribution is -0.115. The first-order valence-electron chi connectivity index (χ1n) is 7.46. The quantitative estimate of drug-likeness (QED) is 0.732. The van der Waals surface area contributed by atoms with Gasteiger partial charge < -0.3 is 10.1 Å². The number of carbonyl (C=O) groups excluding carboxylic acids is 1. The van der Waals surface area contributed by atoms with E-state index in [4.69, 9.17) is 4.74 Å². The van der Waals surface area contributed by atoms with Crippen LogP contribution in [-0.2, 0) is 11.2 Å². The molecule has 1 amide bonds. The molecular formula is C16H21N3O2S2. The Morgan fingerprint density at radius 2 is 2.04 bits per heavy atom. The Kier molecular flexibility index (Phi) is 6.85. The fraction of sp³-hybridized carbons (Fsp3) is 0.438. The first-order chi connectivity index (χ1) is 11.1. The van der Waals surface area contributed by atoms with Gasteiger partial charge in [0.25, 0.3) is 0 Å². The maximum Gasteiger partial charge on any atom is 0.227 e. The zero-order valence-corrected chi connectivity index (χ0v) is 15.2. The van der Waals surface area contributed by atoms with Gasteiger partial charge in [0.15, 0.2) is 0 Å². The van der Waals surface area contributed by atoms with Crippen molar-refractivity contribution in [3.63, 3.8) is 0 Å². The first kappa shape index (κ1) is 17.7. The lowest BCUT2D eigenvalue weighted by atomic mass is 10.1. The summed E-state index contributed by atoms with van der Waals surface area (Å²) in [6.07, 6.45) is 1.33. The topological polar surface area (TPSA) is 64.1 Å². The van der Waals surface area contributed by atoms with Gasteiger partial charge in [-0.3, -0.25) is 4.79 Å². The molecule has 124 valence electrons. The minimum atomic E-state index is -0.0294. The number of rotatable bonds is 8. The van der Waals surface area contributed by atoms with E-state index < -0.39 is 0 Å². The molecule has 0 saturated carbocycles. The maximum atomic E-state index is 11.9. The molecule has 0 aliphatic rings. The minimum absolute atomic E-state index is 0.0294. The monoisotopic (exact) mass is 351 g/mol. The van der Waals surface area contributed by atoms with Crippen LogP contribution in [-0.4, -0.2) is 29.0 Å². The van der Waals surface area contributed by atoms with E-state index in [2.05, 4.69) is 29.4 Å². The van der Waals surface area contributed by atoms with Crippen molar-refractivity contribution in [1.29, 1.82) is 0 Å². The average Bonchev–Trinajstić information content (AvgIpc) is 2.94. The summed E-state index contributed by atoms with van der Waals surface area (Å²) < 4.78 is 5.12. The van der Waals surface area contributed by atoms with Crippen molar-refractivity contribution in [2.24, 2.45) is 5.92 Å². The van der Waals surface area contributed by atoms with Crippen LogP contribution in [0.3, 0.4) is 0 Å². The lowest BCUT2D eigenvalue weighted by Crippen LogP contribution is -2.11. The molecule has 0 saturated heterocycles. The minimum Gasteiger partial charge on any atom is -0.497 e. The molecule has 0 atom stereocenters. The molecule has 23 heavy (non-hydrogen) atoms. The molecule has 0 aliphatic heterocycles. The molecule has 2 aromatic rings. The molecule has 0 spiro atoms. The van der Waals surface area contributed by atoms with Crippen LogP contribution in [0.1, 0.15) is 25.3 Å². The van der Waals surface area contributed by atoms with Crippen LogP contribution in [0, 0.1) is 5.92 Å². The number of thioether (sulfide) groups is 1. The summed E-state index contributed by atoms with van der Waals surface area (Å²) in [6, 6.07) is 7.81. The predicted molar refractivity (Wildman–Crippen MR) is 95.4 cm³/mol. The second-order valence-electron chi connectivity index (χ2n) is 5.42. The van der Waals surface area contributed by atoms with Gasteiger partial charge in [-0.2, -0.15) is 0 Å². The predicted octanol–water partition coefficient (Wildman–Crippen LogP) is 3.87. The van der Waals surface area contributed by atoms with E-state index in [1.807, 2.05) is 24.3 Å². The van der Waals surface area contributed by atoms with Crippen molar-refractivity contribution in [3.05, 3.63) is 29.3 Å². The van der Waals surface area contributed by atoms with E-state index in [0.717, 1.165) is 27.8 Å². The molecule has 1 aromatic carbocycles. The normalized spacial score (nSPS) is 10.8. The van der Waals surface area contributed by atoms with Gasteiger partial charge >= 0.3 is 0 Å². The smallest absolute Gasteiger partial charge is 0.227 e. The third-order valence-electron chi connectivity index (χ3n) is 2.95. The molecule has 1 N–H and O–H groups in total. The van der Waals surface area contributed by atoms with Crippen molar-refractivity contribution < 1.29 is 9.53 Å². The Morgan fingerprint density at radius 3 is 2.70 bits per heavy atom. The van der Waals surface area contributed by atoms with Crippen molar-refractivity contribution in [3.8, 4) is 5.75 Å². The third-order valence-corrected chi connectivity index (χ3v) is 4.83. The number of benzene rings is 1. The fourth-order valence-corrected chi connectivity index (χ4v) is 3.67. The second-order valence-corrected chi connectivity index (χ2v) is 7.65. The summed E-state index contributed by atoms with van der Waals surface area (Å²) in [5, 5.41) is 12.5. The highest BCUT2D eigenvalue weighted by Crippen LogP contribution is 2.22. The molecule has 0 unspecified atom stereocenters. The number of aromatic nitrogens is 2. The number of hydrogen-bond acceptors (Lipinski definition) is 6. The van der Waals surface area contributed by atoms with Gasteiger partial charge in [0.05, 0.1) is 7.11 Å². The molecular weight excluding hydrogens is 330 g/mol. The molecule has 0 radical (unpaired) electrons. The molecule has 2 rings (SSSR count). The van der Waals surface area contributed by atoms with Crippen LogP contribution >= 0.6 is 23.1 Å². The summed E-state index contributed by atoms with van der Waals surface area (Å²) in [4.78, 5) is 13.0. The number of anilines is 1. The molecule has 0 fully saturated rings. The lowest BCUT2D eigenvalue weighted by Gasteiger charge is -2.03. The third kappa shape index (κ3) is 6.19. The van der Waals surface area contributed by atoms with E-state index in [9.17, 15) is 4.79 Å². The number of methoxy groups -OCH3 is 1. The largest absolute Gasteiger partial charge is 0.497 e. The van der Waals surface area contributed by atoms with Crippen LogP contribution in [0.5, 0.6) is 5.75 Å². The molecule has 0 aliphatic carbocycles. The Morgan fingerprint density at radius 1 is 1.30 bits per heavy atom. The van der Waals surface area contributed by atoms with Crippen LogP contribution in [0.25, 0.3) is 0 Å². The molecule has 5 nitrogen and oxygen atoms in total. The Labute approximate surface area is 144 Å². The van der Waals surface area contributed by atoms with Crippen LogP contribution in [0.4, 0.5) is 5.13 Å². The summed E-state index contributed by atoms with van der Waals surface area (Å²) in [7, 11) is 1.65. The van der Waals surface area contributed by atoms with Gasteiger partial charge in [0.1, 0.15) is 10.8 Å². The van der Waals surface area contributed by atoms with Crippen LogP contribution in [0.2, 0.25) is 0 Å². The summed E-state index contributed by atoms with van der Waals surface area (Å²) in [5.41, 5.74) is 0. The van der Waals surface area contributed by atoms with E-state index >= 15 is 0 Å². The first-order valence-corrected chi connectivity index (χ1v) is 9.26. The highest BCUT2D eigenvalue weighted by Gasteiger charge is 2.09. The number of carbonyl (C=O) groups is 1. The van der Waals surface area contributed by atoms with Gasteiger partial charge in [0, 0.05) is 23.5 Å². The van der Waals surface area contributed by atoms with Gasteiger partial charge in [-0.15, -0.1) is 22.0 Å². The summed E-state index contributed by atoms with van der Waals surface area (Å²) in [5.74, 6) is 2.06.